The maximum atomic E-state index is 15.5. The molecule has 208 valence electrons. The largest absolute Gasteiger partial charge is 0.369 e. The van der Waals surface area contributed by atoms with E-state index in [2.05, 4.69) is 24.9 Å². The standard InChI is InChI=1S/C29H29F2N5O3S/c30-24-9-10-25(35-40(38,39)21-3-1-2-4-21)27(31)26(24)28(37)23-17-34-29-22(23)15-19(16-33-29)18-5-7-20(8-6-18)36-13-11-32-12-14-36/h5-10,15-17,21,32,35H,1-4,11-14H2,(H,33,34). The highest BCUT2D eigenvalue weighted by Crippen LogP contribution is 2.32. The van der Waals surface area contributed by atoms with Crippen molar-refractivity contribution in [3.05, 3.63) is 77.6 Å². The zero-order valence-electron chi connectivity index (χ0n) is 21.7. The SMILES string of the molecule is O=C(c1c(F)ccc(NS(=O)(=O)C2CCCC2)c1F)c1c[nH]c2ncc(-c3ccc(N4CCNCC4)cc3)cc12. The molecule has 11 heteroatoms. The summed E-state index contributed by atoms with van der Waals surface area (Å²) in [6.07, 6.45) is 5.55. The molecule has 0 spiro atoms. The molecule has 0 atom stereocenters. The van der Waals surface area contributed by atoms with Crippen LogP contribution in [0.1, 0.15) is 41.6 Å². The number of H-pyrrole nitrogens is 1. The number of carbonyl (C=O) groups is 1. The Balaban J connectivity index is 1.31. The molecule has 3 heterocycles. The summed E-state index contributed by atoms with van der Waals surface area (Å²) in [5.74, 6) is -3.22. The smallest absolute Gasteiger partial charge is 0.235 e. The van der Waals surface area contributed by atoms with Crippen LogP contribution in [0.2, 0.25) is 0 Å². The van der Waals surface area contributed by atoms with E-state index in [0.29, 0.717) is 23.9 Å². The van der Waals surface area contributed by atoms with Crippen LogP contribution in [0.25, 0.3) is 22.2 Å². The molecule has 1 aliphatic carbocycles. The normalized spacial score (nSPS) is 16.5. The second kappa shape index (κ2) is 10.6. The number of hydrogen-bond donors (Lipinski definition) is 3. The molecule has 2 aromatic heterocycles. The summed E-state index contributed by atoms with van der Waals surface area (Å²) in [4.78, 5) is 23.1. The van der Waals surface area contributed by atoms with Gasteiger partial charge in [0.1, 0.15) is 11.5 Å². The second-order valence-corrected chi connectivity index (χ2v) is 12.2. The molecule has 0 radical (unpaired) electrons. The number of piperazine rings is 1. The van der Waals surface area contributed by atoms with Crippen LogP contribution in [0.4, 0.5) is 20.2 Å². The predicted molar refractivity (Wildman–Crippen MR) is 151 cm³/mol. The Bertz CT molecular complexity index is 1680. The van der Waals surface area contributed by atoms with Gasteiger partial charge in [0.2, 0.25) is 15.8 Å². The fraction of sp³-hybridized carbons (Fsp3) is 0.310. The average Bonchev–Trinajstić information content (AvgIpc) is 3.66. The van der Waals surface area contributed by atoms with Crippen molar-refractivity contribution in [3.63, 3.8) is 0 Å². The molecular weight excluding hydrogens is 536 g/mol. The van der Waals surface area contributed by atoms with Gasteiger partial charge in [-0.3, -0.25) is 9.52 Å². The van der Waals surface area contributed by atoms with Crippen molar-refractivity contribution >= 4 is 38.2 Å². The molecule has 1 saturated heterocycles. The van der Waals surface area contributed by atoms with Gasteiger partial charge in [0, 0.05) is 60.8 Å². The summed E-state index contributed by atoms with van der Waals surface area (Å²) in [6.45, 7) is 3.72. The molecule has 2 aliphatic rings. The number of aromatic nitrogens is 2. The minimum atomic E-state index is -3.87. The Labute approximate surface area is 230 Å². The lowest BCUT2D eigenvalue weighted by Gasteiger charge is -2.29. The molecular formula is C29H29F2N5O3S. The molecule has 8 nitrogen and oxygen atoms in total. The fourth-order valence-corrected chi connectivity index (χ4v) is 7.13. The van der Waals surface area contributed by atoms with Crippen molar-refractivity contribution in [1.29, 1.82) is 0 Å². The third-order valence-corrected chi connectivity index (χ3v) is 9.62. The van der Waals surface area contributed by atoms with Gasteiger partial charge in [-0.15, -0.1) is 0 Å². The molecule has 1 aliphatic heterocycles. The maximum Gasteiger partial charge on any atom is 0.235 e. The van der Waals surface area contributed by atoms with Gasteiger partial charge < -0.3 is 15.2 Å². The molecule has 3 N–H and O–H groups in total. The van der Waals surface area contributed by atoms with Crippen molar-refractivity contribution in [2.45, 2.75) is 30.9 Å². The number of nitrogens with zero attached hydrogens (tertiary/aromatic N) is 2. The molecule has 1 saturated carbocycles. The molecule has 4 aromatic rings. The van der Waals surface area contributed by atoms with E-state index >= 15 is 4.39 Å². The zero-order valence-corrected chi connectivity index (χ0v) is 22.5. The zero-order chi connectivity index (χ0) is 27.9. The fourth-order valence-electron chi connectivity index (χ4n) is 5.55. The van der Waals surface area contributed by atoms with Gasteiger partial charge >= 0.3 is 0 Å². The molecule has 0 unspecified atom stereocenters. The number of hydrogen-bond acceptors (Lipinski definition) is 6. The van der Waals surface area contributed by atoms with Crippen LogP contribution in [0.5, 0.6) is 0 Å². The van der Waals surface area contributed by atoms with E-state index in [1.807, 2.05) is 24.3 Å². The number of pyridine rings is 1. The molecule has 2 aromatic carbocycles. The number of rotatable bonds is 7. The van der Waals surface area contributed by atoms with Crippen LogP contribution in [-0.2, 0) is 10.0 Å². The Morgan fingerprint density at radius 2 is 1.73 bits per heavy atom. The number of sulfonamides is 1. The number of nitrogens with one attached hydrogen (secondary N) is 3. The van der Waals surface area contributed by atoms with E-state index < -0.39 is 43.9 Å². The monoisotopic (exact) mass is 565 g/mol. The molecule has 2 fully saturated rings. The van der Waals surface area contributed by atoms with Crippen molar-refractivity contribution in [3.8, 4) is 11.1 Å². The lowest BCUT2D eigenvalue weighted by molar-refractivity contribution is 0.103. The van der Waals surface area contributed by atoms with Crippen molar-refractivity contribution < 1.29 is 22.0 Å². The van der Waals surface area contributed by atoms with Crippen molar-refractivity contribution in [1.82, 2.24) is 15.3 Å². The summed E-state index contributed by atoms with van der Waals surface area (Å²) in [5, 5.41) is 3.10. The summed E-state index contributed by atoms with van der Waals surface area (Å²) in [7, 11) is -3.87. The molecule has 6 rings (SSSR count). The van der Waals surface area contributed by atoms with Crippen LogP contribution in [0, 0.1) is 11.6 Å². The number of fused-ring (bicyclic) bond motifs is 1. The van der Waals surface area contributed by atoms with Crippen LogP contribution in [0.3, 0.4) is 0 Å². The average molecular weight is 566 g/mol. The minimum absolute atomic E-state index is 0.0374. The van der Waals surface area contributed by atoms with Gasteiger partial charge in [0.25, 0.3) is 0 Å². The third kappa shape index (κ3) is 4.95. The van der Waals surface area contributed by atoms with E-state index in [4.69, 9.17) is 0 Å². The van der Waals surface area contributed by atoms with Crippen molar-refractivity contribution in [2.24, 2.45) is 0 Å². The lowest BCUT2D eigenvalue weighted by atomic mass is 9.99. The number of ketones is 1. The van der Waals surface area contributed by atoms with Gasteiger partial charge in [-0.1, -0.05) is 25.0 Å². The highest BCUT2D eigenvalue weighted by molar-refractivity contribution is 7.93. The van der Waals surface area contributed by atoms with E-state index in [9.17, 15) is 17.6 Å². The highest BCUT2D eigenvalue weighted by atomic mass is 32.2. The lowest BCUT2D eigenvalue weighted by Crippen LogP contribution is -2.43. The topological polar surface area (TPSA) is 107 Å². The number of anilines is 2. The van der Waals surface area contributed by atoms with Gasteiger partial charge in [-0.05, 0) is 48.7 Å². The molecule has 0 bridgehead atoms. The van der Waals surface area contributed by atoms with Crippen LogP contribution < -0.4 is 14.9 Å². The molecule has 40 heavy (non-hydrogen) atoms. The maximum absolute atomic E-state index is 15.5. The summed E-state index contributed by atoms with van der Waals surface area (Å²) >= 11 is 0. The van der Waals surface area contributed by atoms with E-state index in [-0.39, 0.29) is 5.56 Å². The first-order valence-electron chi connectivity index (χ1n) is 13.4. The number of halogens is 2. The van der Waals surface area contributed by atoms with E-state index in [0.717, 1.165) is 68.0 Å². The van der Waals surface area contributed by atoms with Gasteiger partial charge in [-0.2, -0.15) is 0 Å². The van der Waals surface area contributed by atoms with Gasteiger partial charge in [0.15, 0.2) is 5.82 Å². The first-order chi connectivity index (χ1) is 19.3. The minimum Gasteiger partial charge on any atom is -0.369 e. The highest BCUT2D eigenvalue weighted by Gasteiger charge is 2.31. The van der Waals surface area contributed by atoms with E-state index in [1.165, 1.54) is 6.20 Å². The third-order valence-electron chi connectivity index (χ3n) is 7.77. The predicted octanol–water partition coefficient (Wildman–Crippen LogP) is 4.83. The summed E-state index contributed by atoms with van der Waals surface area (Å²) < 4.78 is 58.1. The first-order valence-corrected chi connectivity index (χ1v) is 14.9. The Morgan fingerprint density at radius 1 is 1.00 bits per heavy atom. The summed E-state index contributed by atoms with van der Waals surface area (Å²) in [5.41, 5.74) is 1.91. The Kier molecular flexibility index (Phi) is 7.01. The van der Waals surface area contributed by atoms with Crippen LogP contribution in [-0.4, -0.2) is 55.6 Å². The first kappa shape index (κ1) is 26.4. The van der Waals surface area contributed by atoms with Crippen molar-refractivity contribution in [2.75, 3.05) is 35.8 Å². The Morgan fingerprint density at radius 3 is 2.45 bits per heavy atom. The van der Waals surface area contributed by atoms with Crippen LogP contribution >= 0.6 is 0 Å². The number of carbonyl (C=O) groups excluding carboxylic acids is 1. The Hall–Kier alpha value is -3.83. The second-order valence-electron chi connectivity index (χ2n) is 10.3. The van der Waals surface area contributed by atoms with E-state index in [1.54, 1.807) is 12.3 Å². The molecule has 0 amide bonds. The van der Waals surface area contributed by atoms with Crippen LogP contribution in [0.15, 0.2) is 54.9 Å². The van der Waals surface area contributed by atoms with Gasteiger partial charge in [0.05, 0.1) is 16.5 Å². The number of benzene rings is 2. The summed E-state index contributed by atoms with van der Waals surface area (Å²) in [6, 6.07) is 11.7. The number of aromatic amines is 1. The quantitative estimate of drug-likeness (QED) is 0.277. The van der Waals surface area contributed by atoms with Gasteiger partial charge in [-0.25, -0.2) is 22.2 Å².